The van der Waals surface area contributed by atoms with Crippen molar-refractivity contribution in [1.29, 1.82) is 0 Å². The van der Waals surface area contributed by atoms with Crippen molar-refractivity contribution in [3.63, 3.8) is 0 Å². The molecule has 1 fully saturated rings. The van der Waals surface area contributed by atoms with E-state index in [1.807, 2.05) is 12.1 Å². The molecule has 0 radical (unpaired) electrons. The van der Waals surface area contributed by atoms with E-state index in [2.05, 4.69) is 6.08 Å². The molecule has 0 atom stereocenters. The van der Waals surface area contributed by atoms with Crippen molar-refractivity contribution in [2.24, 2.45) is 5.92 Å². The Morgan fingerprint density at radius 3 is 2.79 bits per heavy atom. The summed E-state index contributed by atoms with van der Waals surface area (Å²) in [7, 11) is 0. The Labute approximate surface area is 115 Å². The number of allylic oxidation sites excluding steroid dienone is 1. The molecule has 2 nitrogen and oxygen atoms in total. The molecule has 1 saturated carbocycles. The van der Waals surface area contributed by atoms with Gasteiger partial charge in [0.05, 0.1) is 5.56 Å². The van der Waals surface area contributed by atoms with Crippen LogP contribution in [0.1, 0.15) is 60.9 Å². The quantitative estimate of drug-likeness (QED) is 0.826. The van der Waals surface area contributed by atoms with E-state index in [-0.39, 0.29) is 0 Å². The van der Waals surface area contributed by atoms with E-state index < -0.39 is 5.97 Å². The second-order valence-electron chi connectivity index (χ2n) is 5.41. The van der Waals surface area contributed by atoms with Crippen LogP contribution >= 0.6 is 0 Å². The first-order chi connectivity index (χ1) is 9.25. The van der Waals surface area contributed by atoms with Gasteiger partial charge >= 0.3 is 5.97 Å². The van der Waals surface area contributed by atoms with Gasteiger partial charge in [-0.25, -0.2) is 4.79 Å². The summed E-state index contributed by atoms with van der Waals surface area (Å²) < 4.78 is 0. The Morgan fingerprint density at radius 1 is 1.26 bits per heavy atom. The van der Waals surface area contributed by atoms with Gasteiger partial charge in [-0.1, -0.05) is 56.4 Å². The van der Waals surface area contributed by atoms with E-state index in [1.165, 1.54) is 38.5 Å². The minimum atomic E-state index is -0.863. The molecule has 2 rings (SSSR count). The van der Waals surface area contributed by atoms with E-state index in [1.54, 1.807) is 18.2 Å². The zero-order valence-corrected chi connectivity index (χ0v) is 11.3. The summed E-state index contributed by atoms with van der Waals surface area (Å²) in [4.78, 5) is 10.9. The molecule has 2 heteroatoms. The number of hydrogen-bond acceptors (Lipinski definition) is 1. The Morgan fingerprint density at radius 2 is 2.05 bits per heavy atom. The third-order valence-electron chi connectivity index (χ3n) is 3.91. The molecule has 19 heavy (non-hydrogen) atoms. The van der Waals surface area contributed by atoms with Crippen LogP contribution in [0.3, 0.4) is 0 Å². The summed E-state index contributed by atoms with van der Waals surface area (Å²) in [5, 5.41) is 8.93. The summed E-state index contributed by atoms with van der Waals surface area (Å²) in [6.45, 7) is 0. The predicted molar refractivity (Wildman–Crippen MR) is 78.2 cm³/mol. The predicted octanol–water partition coefficient (Wildman–Crippen LogP) is 4.76. The molecule has 1 aliphatic carbocycles. The van der Waals surface area contributed by atoms with Crippen molar-refractivity contribution in [3.05, 3.63) is 41.5 Å². The molecule has 0 unspecified atom stereocenters. The maximum Gasteiger partial charge on any atom is 0.335 e. The number of carboxylic acid groups (broad SMARTS) is 1. The number of carbonyl (C=O) groups is 1. The van der Waals surface area contributed by atoms with Crippen LogP contribution in [0.2, 0.25) is 0 Å². The molecule has 0 bridgehead atoms. The zero-order chi connectivity index (χ0) is 13.5. The molecule has 102 valence electrons. The lowest BCUT2D eigenvalue weighted by molar-refractivity contribution is 0.0697. The molecule has 1 N–H and O–H groups in total. The topological polar surface area (TPSA) is 37.3 Å². The highest BCUT2D eigenvalue weighted by Gasteiger charge is 2.11. The van der Waals surface area contributed by atoms with Crippen molar-refractivity contribution in [2.45, 2.75) is 44.9 Å². The first-order valence-corrected chi connectivity index (χ1v) is 7.25. The SMILES string of the molecule is O=C(O)c1cccc(/C=C/CCC2CCCCC2)c1. The summed E-state index contributed by atoms with van der Waals surface area (Å²) in [5.41, 5.74) is 1.33. The van der Waals surface area contributed by atoms with Crippen molar-refractivity contribution in [2.75, 3.05) is 0 Å². The standard InChI is InChI=1S/C17H22O2/c18-17(19)16-12-6-11-15(13-16)10-5-4-9-14-7-2-1-3-8-14/h5-6,10-14H,1-4,7-9H2,(H,18,19)/b10-5+. The first kappa shape index (κ1) is 13.9. The maximum atomic E-state index is 10.9. The fraction of sp³-hybridized carbons (Fsp3) is 0.471. The summed E-state index contributed by atoms with van der Waals surface area (Å²) in [5.74, 6) is 0.0428. The molecule has 0 amide bonds. The molecular weight excluding hydrogens is 236 g/mol. The average molecular weight is 258 g/mol. The Balaban J connectivity index is 1.81. The molecule has 1 aromatic carbocycles. The van der Waals surface area contributed by atoms with E-state index in [4.69, 9.17) is 5.11 Å². The van der Waals surface area contributed by atoms with Gasteiger partial charge in [0.1, 0.15) is 0 Å². The number of hydrogen-bond donors (Lipinski definition) is 1. The largest absolute Gasteiger partial charge is 0.478 e. The van der Waals surface area contributed by atoms with Crippen molar-refractivity contribution >= 4 is 12.0 Å². The fourth-order valence-corrected chi connectivity index (χ4v) is 2.80. The van der Waals surface area contributed by atoms with Crippen LogP contribution in [0.4, 0.5) is 0 Å². The zero-order valence-electron chi connectivity index (χ0n) is 11.3. The Hall–Kier alpha value is -1.57. The van der Waals surface area contributed by atoms with E-state index >= 15 is 0 Å². The smallest absolute Gasteiger partial charge is 0.335 e. The van der Waals surface area contributed by atoms with E-state index in [9.17, 15) is 4.79 Å². The summed E-state index contributed by atoms with van der Waals surface area (Å²) in [6, 6.07) is 7.09. The van der Waals surface area contributed by atoms with Crippen LogP contribution < -0.4 is 0 Å². The van der Waals surface area contributed by atoms with Crippen LogP contribution in [-0.4, -0.2) is 11.1 Å². The Bertz CT molecular complexity index is 442. The minimum absolute atomic E-state index is 0.356. The molecular formula is C17H22O2. The lowest BCUT2D eigenvalue weighted by Crippen LogP contribution is -2.05. The van der Waals surface area contributed by atoms with E-state index in [0.717, 1.165) is 17.9 Å². The minimum Gasteiger partial charge on any atom is -0.478 e. The highest BCUT2D eigenvalue weighted by Crippen LogP contribution is 2.27. The molecule has 1 aromatic rings. The van der Waals surface area contributed by atoms with Crippen LogP contribution in [0.25, 0.3) is 6.08 Å². The highest BCUT2D eigenvalue weighted by molar-refractivity contribution is 5.88. The monoisotopic (exact) mass is 258 g/mol. The lowest BCUT2D eigenvalue weighted by Gasteiger charge is -2.20. The van der Waals surface area contributed by atoms with Gasteiger partial charge in [0.25, 0.3) is 0 Å². The van der Waals surface area contributed by atoms with Crippen LogP contribution in [0.15, 0.2) is 30.3 Å². The van der Waals surface area contributed by atoms with Crippen LogP contribution in [0.5, 0.6) is 0 Å². The third-order valence-corrected chi connectivity index (χ3v) is 3.91. The van der Waals surface area contributed by atoms with Crippen molar-refractivity contribution in [3.8, 4) is 0 Å². The van der Waals surface area contributed by atoms with E-state index in [0.29, 0.717) is 5.56 Å². The molecule has 0 heterocycles. The van der Waals surface area contributed by atoms with Crippen LogP contribution in [-0.2, 0) is 0 Å². The van der Waals surface area contributed by atoms with Gasteiger partial charge < -0.3 is 5.11 Å². The van der Waals surface area contributed by atoms with Gasteiger partial charge in [0.15, 0.2) is 0 Å². The summed E-state index contributed by atoms with van der Waals surface area (Å²) >= 11 is 0. The fourth-order valence-electron chi connectivity index (χ4n) is 2.80. The summed E-state index contributed by atoms with van der Waals surface area (Å²) in [6.07, 6.45) is 13.6. The Kier molecular flexibility index (Phi) is 5.20. The second-order valence-corrected chi connectivity index (χ2v) is 5.41. The third kappa shape index (κ3) is 4.55. The molecule has 0 aliphatic heterocycles. The van der Waals surface area contributed by atoms with Gasteiger partial charge in [-0.2, -0.15) is 0 Å². The number of carboxylic acids is 1. The van der Waals surface area contributed by atoms with Gasteiger partial charge in [-0.3, -0.25) is 0 Å². The first-order valence-electron chi connectivity index (χ1n) is 7.25. The van der Waals surface area contributed by atoms with Crippen molar-refractivity contribution < 1.29 is 9.90 Å². The average Bonchev–Trinajstić information content (AvgIpc) is 2.45. The molecule has 0 saturated heterocycles. The molecule has 0 aromatic heterocycles. The van der Waals surface area contributed by atoms with Gasteiger partial charge in [-0.15, -0.1) is 0 Å². The normalized spacial score (nSPS) is 16.8. The number of benzene rings is 1. The second kappa shape index (κ2) is 7.13. The maximum absolute atomic E-state index is 10.9. The number of rotatable bonds is 5. The van der Waals surface area contributed by atoms with Crippen LogP contribution in [0, 0.1) is 5.92 Å². The van der Waals surface area contributed by atoms with Gasteiger partial charge in [0, 0.05) is 0 Å². The molecule has 0 spiro atoms. The molecule has 1 aliphatic rings. The van der Waals surface area contributed by atoms with Gasteiger partial charge in [-0.05, 0) is 36.5 Å². The lowest BCUT2D eigenvalue weighted by atomic mass is 9.86. The number of aromatic carboxylic acids is 1. The van der Waals surface area contributed by atoms with Gasteiger partial charge in [0.2, 0.25) is 0 Å². The highest BCUT2D eigenvalue weighted by atomic mass is 16.4. The van der Waals surface area contributed by atoms with Crippen molar-refractivity contribution in [1.82, 2.24) is 0 Å².